The van der Waals surface area contributed by atoms with E-state index >= 15 is 0 Å². The van der Waals surface area contributed by atoms with Crippen LogP contribution in [0.4, 0.5) is 0 Å². The highest BCUT2D eigenvalue weighted by molar-refractivity contribution is 6.02. The molecule has 3 aliphatic rings. The SMILES string of the molecule is C=CC1=C(C)c2cc3nc(cc4[nH]c(cc5[nH]c(cc1n2)c(C)c5CCC(=O)OC)c(CCC(=O)O)c4C)[C@]1(C)C3=CC=C(C(=O)OC)[C@@H]1C(=O)OC. The second-order valence-electron chi connectivity index (χ2n) is 13.5. The predicted molar refractivity (Wildman–Crippen MR) is 200 cm³/mol. The van der Waals surface area contributed by atoms with E-state index in [9.17, 15) is 24.3 Å². The van der Waals surface area contributed by atoms with Crippen molar-refractivity contribution in [1.82, 2.24) is 19.9 Å². The molecule has 0 saturated heterocycles. The van der Waals surface area contributed by atoms with Gasteiger partial charge in [0.2, 0.25) is 0 Å². The number of carboxylic acid groups (broad SMARTS) is 1. The minimum Gasteiger partial charge on any atom is -0.481 e. The highest BCUT2D eigenvalue weighted by Gasteiger charge is 2.53. The Hall–Kier alpha value is -6.04. The zero-order valence-corrected chi connectivity index (χ0v) is 30.9. The van der Waals surface area contributed by atoms with Gasteiger partial charge in [-0.05, 0) is 98.2 Å². The van der Waals surface area contributed by atoms with Crippen molar-refractivity contribution in [3.05, 3.63) is 99.7 Å². The maximum Gasteiger partial charge on any atom is 0.334 e. The number of H-pyrrole nitrogens is 2. The first kappa shape index (κ1) is 36.7. The van der Waals surface area contributed by atoms with Gasteiger partial charge in [0.15, 0.2) is 0 Å². The Balaban J connectivity index is 1.78. The third kappa shape index (κ3) is 6.28. The van der Waals surface area contributed by atoms with E-state index in [1.165, 1.54) is 21.3 Å². The van der Waals surface area contributed by atoms with E-state index in [2.05, 4.69) is 16.5 Å². The molecule has 5 heterocycles. The van der Waals surface area contributed by atoms with Gasteiger partial charge in [-0.2, -0.15) is 0 Å². The van der Waals surface area contributed by atoms with E-state index in [1.807, 2.05) is 52.0 Å². The number of methoxy groups -OCH3 is 3. The number of carboxylic acids is 1. The van der Waals surface area contributed by atoms with Crippen LogP contribution in [0.1, 0.15) is 71.7 Å². The molecular formula is C41H42N4O8. The summed E-state index contributed by atoms with van der Waals surface area (Å²) in [6, 6.07) is 7.59. The number of rotatable bonds is 9. The van der Waals surface area contributed by atoms with Gasteiger partial charge in [-0.15, -0.1) is 0 Å². The van der Waals surface area contributed by atoms with Crippen molar-refractivity contribution in [2.24, 2.45) is 5.92 Å². The van der Waals surface area contributed by atoms with Gasteiger partial charge < -0.3 is 29.3 Å². The van der Waals surface area contributed by atoms with E-state index in [4.69, 9.17) is 24.2 Å². The van der Waals surface area contributed by atoms with Crippen molar-refractivity contribution in [2.45, 2.75) is 58.8 Å². The number of carbonyl (C=O) groups excluding carboxylic acids is 3. The lowest BCUT2D eigenvalue weighted by Crippen LogP contribution is -2.42. The van der Waals surface area contributed by atoms with Gasteiger partial charge in [-0.3, -0.25) is 19.4 Å². The lowest BCUT2D eigenvalue weighted by atomic mass is 9.64. The van der Waals surface area contributed by atoms with Gasteiger partial charge in [0.05, 0.1) is 55.1 Å². The molecule has 0 spiro atoms. The van der Waals surface area contributed by atoms with Crippen molar-refractivity contribution < 1.29 is 38.5 Å². The number of nitrogens with zero attached hydrogens (tertiary/aromatic N) is 2. The number of hydrogen-bond acceptors (Lipinski definition) is 9. The summed E-state index contributed by atoms with van der Waals surface area (Å²) in [5.74, 6) is -3.68. The number of aliphatic carboxylic acids is 1. The topological polar surface area (TPSA) is 174 Å². The molecular weight excluding hydrogens is 676 g/mol. The molecule has 3 aromatic heterocycles. The normalized spacial score (nSPS) is 17.8. The maximum atomic E-state index is 13.7. The number of aromatic nitrogens is 4. The van der Waals surface area contributed by atoms with Crippen LogP contribution >= 0.6 is 0 Å². The predicted octanol–water partition coefficient (Wildman–Crippen LogP) is 6.41. The summed E-state index contributed by atoms with van der Waals surface area (Å²) in [4.78, 5) is 68.1. The van der Waals surface area contributed by atoms with Crippen molar-refractivity contribution in [3.8, 4) is 0 Å². The number of fused-ring (bicyclic) bond motifs is 11. The molecule has 0 radical (unpaired) electrons. The molecule has 3 N–H and O–H groups in total. The molecule has 6 rings (SSSR count). The Bertz CT molecular complexity index is 2370. The van der Waals surface area contributed by atoms with Gasteiger partial charge in [0.1, 0.15) is 5.92 Å². The number of allylic oxidation sites excluding steroid dienone is 6. The monoisotopic (exact) mass is 718 g/mol. The first-order valence-corrected chi connectivity index (χ1v) is 17.2. The lowest BCUT2D eigenvalue weighted by Gasteiger charge is -2.36. The van der Waals surface area contributed by atoms with E-state index in [1.54, 1.807) is 18.2 Å². The van der Waals surface area contributed by atoms with E-state index in [0.29, 0.717) is 45.8 Å². The van der Waals surface area contributed by atoms with Crippen LogP contribution < -0.4 is 0 Å². The fourth-order valence-corrected chi connectivity index (χ4v) is 7.69. The lowest BCUT2D eigenvalue weighted by molar-refractivity contribution is -0.149. The largest absolute Gasteiger partial charge is 0.481 e. The van der Waals surface area contributed by atoms with Crippen molar-refractivity contribution in [3.63, 3.8) is 0 Å². The maximum absolute atomic E-state index is 13.7. The zero-order valence-electron chi connectivity index (χ0n) is 30.9. The molecule has 12 heteroatoms. The average Bonchev–Trinajstić information content (AvgIpc) is 3.79. The molecule has 3 aromatic rings. The van der Waals surface area contributed by atoms with Gasteiger partial charge in [0, 0.05) is 40.5 Å². The Morgan fingerprint density at radius 1 is 0.811 bits per heavy atom. The molecule has 0 aromatic carbocycles. The standard InChI is InChI=1S/C41H42N4O8/c1-9-23-20(2)29-17-34-27-13-10-26(39(49)52-7)38(40(50)53-8)41(27,5)35(45-34)19-30-22(4)24(11-14-36(46)47)32(44-30)18-33-25(12-15-37(48)51-6)21(3)28(43-33)16-31(23)42-29/h9-10,13,16-19,38,43-44H,1,11-12,14-15H2,2-8H3,(H,46,47)/t38-,41+/m1/s1. The number of aromatic amines is 2. The average molecular weight is 719 g/mol. The minimum absolute atomic E-state index is 0.110. The van der Waals surface area contributed by atoms with Crippen LogP contribution in [-0.4, -0.2) is 70.2 Å². The molecule has 2 atom stereocenters. The van der Waals surface area contributed by atoms with Crippen LogP contribution in [0.5, 0.6) is 0 Å². The summed E-state index contributed by atoms with van der Waals surface area (Å²) in [7, 11) is 3.89. The third-order valence-electron chi connectivity index (χ3n) is 10.7. The van der Waals surface area contributed by atoms with Crippen LogP contribution in [0.15, 0.2) is 54.6 Å². The molecule has 53 heavy (non-hydrogen) atoms. The molecule has 2 aliphatic heterocycles. The highest BCUT2D eigenvalue weighted by Crippen LogP contribution is 2.52. The van der Waals surface area contributed by atoms with Crippen molar-refractivity contribution >= 4 is 62.7 Å². The summed E-state index contributed by atoms with van der Waals surface area (Å²) >= 11 is 0. The van der Waals surface area contributed by atoms with Gasteiger partial charge in [-0.1, -0.05) is 24.8 Å². The van der Waals surface area contributed by atoms with Gasteiger partial charge in [0.25, 0.3) is 0 Å². The number of esters is 3. The Morgan fingerprint density at radius 3 is 2.04 bits per heavy atom. The van der Waals surface area contributed by atoms with Gasteiger partial charge >= 0.3 is 23.9 Å². The molecule has 274 valence electrons. The fraction of sp³-hybridized carbons (Fsp3) is 0.317. The number of ether oxygens (including phenoxy) is 3. The Morgan fingerprint density at radius 2 is 1.45 bits per heavy atom. The van der Waals surface area contributed by atoms with Crippen LogP contribution in [0.25, 0.3) is 38.8 Å². The molecule has 0 saturated carbocycles. The van der Waals surface area contributed by atoms with E-state index in [-0.39, 0.29) is 30.8 Å². The molecule has 12 nitrogen and oxygen atoms in total. The van der Waals surface area contributed by atoms with Crippen LogP contribution in [0.2, 0.25) is 0 Å². The number of aryl methyl sites for hydroxylation is 4. The number of carbonyl (C=O) groups is 4. The number of nitrogens with one attached hydrogen (secondary N) is 2. The molecule has 8 bridgehead atoms. The van der Waals surface area contributed by atoms with Crippen LogP contribution in [-0.2, 0) is 51.6 Å². The van der Waals surface area contributed by atoms with Crippen molar-refractivity contribution in [1.29, 1.82) is 0 Å². The van der Waals surface area contributed by atoms with Gasteiger partial charge in [-0.25, -0.2) is 9.78 Å². The summed E-state index contributed by atoms with van der Waals surface area (Å²) < 4.78 is 15.3. The highest BCUT2D eigenvalue weighted by atomic mass is 16.5. The molecule has 0 amide bonds. The quantitative estimate of drug-likeness (QED) is 0.166. The summed E-state index contributed by atoms with van der Waals surface area (Å²) in [5.41, 5.74) is 9.92. The van der Waals surface area contributed by atoms with Crippen molar-refractivity contribution in [2.75, 3.05) is 21.3 Å². The first-order chi connectivity index (χ1) is 25.3. The molecule has 0 unspecified atom stereocenters. The second-order valence-corrected chi connectivity index (χ2v) is 13.5. The molecule has 1 aliphatic carbocycles. The van der Waals surface area contributed by atoms with E-state index in [0.717, 1.165) is 44.4 Å². The van der Waals surface area contributed by atoms with Crippen LogP contribution in [0.3, 0.4) is 0 Å². The zero-order chi connectivity index (χ0) is 38.4. The first-order valence-electron chi connectivity index (χ1n) is 17.2. The summed E-state index contributed by atoms with van der Waals surface area (Å²) in [6.45, 7) is 11.8. The number of hydrogen-bond donors (Lipinski definition) is 3. The molecule has 0 fully saturated rings. The van der Waals surface area contributed by atoms with Crippen LogP contribution in [0, 0.1) is 19.8 Å². The van der Waals surface area contributed by atoms with E-state index < -0.39 is 29.2 Å². The minimum atomic E-state index is -1.18. The Kier molecular flexibility index (Phi) is 9.83. The second kappa shape index (κ2) is 14.2. The fourth-order valence-electron chi connectivity index (χ4n) is 7.69. The smallest absolute Gasteiger partial charge is 0.334 e. The Labute approximate surface area is 306 Å². The summed E-state index contributed by atoms with van der Waals surface area (Å²) in [6.07, 6.45) is 5.80. The third-order valence-corrected chi connectivity index (χ3v) is 10.7. The summed E-state index contributed by atoms with van der Waals surface area (Å²) in [5, 5.41) is 9.68.